The van der Waals surface area contributed by atoms with Crippen LogP contribution < -0.4 is 10.2 Å². The molecule has 1 aliphatic carbocycles. The molecule has 0 spiro atoms. The second kappa shape index (κ2) is 5.81. The first-order valence-corrected chi connectivity index (χ1v) is 8.57. The van der Waals surface area contributed by atoms with E-state index in [1.807, 2.05) is 42.5 Å². The molecule has 0 amide bonds. The van der Waals surface area contributed by atoms with Crippen LogP contribution in [0.25, 0.3) is 0 Å². The molecule has 0 saturated heterocycles. The molecule has 0 fully saturated rings. The number of fused-ring (bicyclic) bond motifs is 5. The Hall–Kier alpha value is -2.41. The molecule has 0 radical (unpaired) electrons. The molecule has 2 aromatic rings. The van der Waals surface area contributed by atoms with Crippen LogP contribution in [0, 0.1) is 0 Å². The number of ether oxygens (including phenoxy) is 1. The van der Waals surface area contributed by atoms with Crippen molar-refractivity contribution in [2.45, 2.75) is 31.1 Å². The predicted octanol–water partition coefficient (Wildman–Crippen LogP) is 2.76. The lowest BCUT2D eigenvalue weighted by atomic mass is 9.84. The number of benzene rings is 2. The molecule has 2 atom stereocenters. The second-order valence-corrected chi connectivity index (χ2v) is 6.88. The summed E-state index contributed by atoms with van der Waals surface area (Å²) in [4.78, 5) is 10.3. The van der Waals surface area contributed by atoms with Gasteiger partial charge in [0.25, 0.3) is 0 Å². The van der Waals surface area contributed by atoms with Gasteiger partial charge < -0.3 is 19.5 Å². The molecule has 6 heteroatoms. The SMILES string of the molecule is CO/N=C1\c2ccccc2C2(NOC)Oc3cc(C(C)C)ccc3C12O. The summed E-state index contributed by atoms with van der Waals surface area (Å²) in [7, 11) is 2.95. The topological polar surface area (TPSA) is 72.3 Å². The fourth-order valence-corrected chi connectivity index (χ4v) is 3.95. The first kappa shape index (κ1) is 17.0. The van der Waals surface area contributed by atoms with Gasteiger partial charge >= 0.3 is 0 Å². The third-order valence-corrected chi connectivity index (χ3v) is 5.17. The number of hydrogen-bond acceptors (Lipinski definition) is 6. The van der Waals surface area contributed by atoms with Crippen molar-refractivity contribution in [3.8, 4) is 5.75 Å². The lowest BCUT2D eigenvalue weighted by molar-refractivity contribution is -0.168. The summed E-state index contributed by atoms with van der Waals surface area (Å²) in [5.74, 6) is 0.936. The number of hydrogen-bond donors (Lipinski definition) is 2. The van der Waals surface area contributed by atoms with Crippen molar-refractivity contribution in [3.05, 3.63) is 64.7 Å². The van der Waals surface area contributed by atoms with Gasteiger partial charge in [-0.05, 0) is 17.5 Å². The highest BCUT2D eigenvalue weighted by molar-refractivity contribution is 6.13. The maximum Gasteiger partial charge on any atom is 0.248 e. The van der Waals surface area contributed by atoms with E-state index in [1.165, 1.54) is 14.2 Å². The Kier molecular flexibility index (Phi) is 3.80. The Balaban J connectivity index is 2.02. The Bertz CT molecular complexity index is 895. The Morgan fingerprint density at radius 1 is 1.12 bits per heavy atom. The number of hydroxylamine groups is 1. The summed E-state index contributed by atoms with van der Waals surface area (Å²) in [5.41, 5.74) is 3.58. The molecule has 2 aliphatic rings. The fourth-order valence-electron chi connectivity index (χ4n) is 3.95. The van der Waals surface area contributed by atoms with Crippen LogP contribution in [0.3, 0.4) is 0 Å². The van der Waals surface area contributed by atoms with E-state index in [-0.39, 0.29) is 0 Å². The van der Waals surface area contributed by atoms with E-state index in [2.05, 4.69) is 24.5 Å². The van der Waals surface area contributed by atoms with Crippen molar-refractivity contribution in [2.75, 3.05) is 14.2 Å². The van der Waals surface area contributed by atoms with Crippen LogP contribution in [0.4, 0.5) is 0 Å². The minimum atomic E-state index is -1.59. The summed E-state index contributed by atoms with van der Waals surface area (Å²) >= 11 is 0. The van der Waals surface area contributed by atoms with Gasteiger partial charge in [0.15, 0.2) is 5.60 Å². The third kappa shape index (κ3) is 1.95. The molecule has 2 N–H and O–H groups in total. The molecule has 1 heterocycles. The highest BCUT2D eigenvalue weighted by atomic mass is 16.7. The number of aliphatic hydroxyl groups is 1. The van der Waals surface area contributed by atoms with E-state index in [0.29, 0.717) is 22.9 Å². The predicted molar refractivity (Wildman–Crippen MR) is 96.9 cm³/mol. The molecular formula is C20H22N2O4. The first-order valence-electron chi connectivity index (χ1n) is 8.57. The average molecular weight is 354 g/mol. The average Bonchev–Trinajstić information content (AvgIpc) is 2.99. The van der Waals surface area contributed by atoms with Crippen molar-refractivity contribution in [2.24, 2.45) is 5.16 Å². The van der Waals surface area contributed by atoms with Crippen LogP contribution >= 0.6 is 0 Å². The van der Waals surface area contributed by atoms with E-state index in [4.69, 9.17) is 14.4 Å². The summed E-state index contributed by atoms with van der Waals surface area (Å²) < 4.78 is 6.33. The summed E-state index contributed by atoms with van der Waals surface area (Å²) in [6.45, 7) is 4.23. The zero-order chi connectivity index (χ0) is 18.5. The molecule has 26 heavy (non-hydrogen) atoms. The Labute approximate surface area is 152 Å². The van der Waals surface area contributed by atoms with Crippen molar-refractivity contribution in [1.82, 2.24) is 5.48 Å². The summed E-state index contributed by atoms with van der Waals surface area (Å²) in [5, 5.41) is 16.1. The van der Waals surface area contributed by atoms with Crippen LogP contribution in [-0.4, -0.2) is 25.0 Å². The van der Waals surface area contributed by atoms with Crippen LogP contribution in [0.5, 0.6) is 5.75 Å². The minimum Gasteiger partial charge on any atom is -0.462 e. The normalized spacial score (nSPS) is 27.2. The molecule has 6 nitrogen and oxygen atoms in total. The monoisotopic (exact) mass is 354 g/mol. The molecule has 4 rings (SSSR count). The van der Waals surface area contributed by atoms with E-state index in [9.17, 15) is 5.11 Å². The first-order chi connectivity index (χ1) is 12.5. The molecule has 0 saturated carbocycles. The quantitative estimate of drug-likeness (QED) is 0.826. The van der Waals surface area contributed by atoms with Crippen molar-refractivity contribution >= 4 is 5.71 Å². The van der Waals surface area contributed by atoms with Crippen LogP contribution in [-0.2, 0) is 21.0 Å². The van der Waals surface area contributed by atoms with Gasteiger partial charge in [0, 0.05) is 16.7 Å². The minimum absolute atomic E-state index is 0.338. The van der Waals surface area contributed by atoms with Gasteiger partial charge in [-0.1, -0.05) is 55.4 Å². The van der Waals surface area contributed by atoms with E-state index in [0.717, 1.165) is 16.7 Å². The van der Waals surface area contributed by atoms with Gasteiger partial charge in [-0.25, -0.2) is 0 Å². The lowest BCUT2D eigenvalue weighted by Crippen LogP contribution is -2.57. The van der Waals surface area contributed by atoms with Crippen LogP contribution in [0.1, 0.15) is 42.0 Å². The molecule has 2 unspecified atom stereocenters. The third-order valence-electron chi connectivity index (χ3n) is 5.17. The van der Waals surface area contributed by atoms with E-state index < -0.39 is 11.3 Å². The Morgan fingerprint density at radius 2 is 1.88 bits per heavy atom. The summed E-state index contributed by atoms with van der Waals surface area (Å²) in [6.07, 6.45) is 0. The van der Waals surface area contributed by atoms with E-state index in [1.54, 1.807) is 0 Å². The standard InChI is InChI=1S/C20H22N2O4/c1-12(2)13-9-10-16-17(11-13)26-20(22-25-4)15-8-6-5-7-14(15)18(21-24-3)19(16,20)23/h5-12,22-23H,1-4H3/b21-18+. The molecule has 1 aliphatic heterocycles. The van der Waals surface area contributed by atoms with Gasteiger partial charge in [-0.3, -0.25) is 0 Å². The number of nitrogens with one attached hydrogen (secondary N) is 1. The van der Waals surface area contributed by atoms with Crippen molar-refractivity contribution in [3.63, 3.8) is 0 Å². The lowest BCUT2D eigenvalue weighted by Gasteiger charge is -2.35. The number of rotatable bonds is 4. The largest absolute Gasteiger partial charge is 0.462 e. The van der Waals surface area contributed by atoms with Gasteiger partial charge in [-0.2, -0.15) is 5.48 Å². The molecule has 2 aromatic carbocycles. The van der Waals surface area contributed by atoms with Crippen LogP contribution in [0.2, 0.25) is 0 Å². The van der Waals surface area contributed by atoms with Gasteiger partial charge in [0.2, 0.25) is 5.72 Å². The number of oxime groups is 1. The van der Waals surface area contributed by atoms with E-state index >= 15 is 0 Å². The highest BCUT2D eigenvalue weighted by Gasteiger charge is 2.70. The molecular weight excluding hydrogens is 332 g/mol. The van der Waals surface area contributed by atoms with Gasteiger partial charge in [0.05, 0.1) is 7.11 Å². The maximum absolute atomic E-state index is 11.9. The zero-order valence-electron chi connectivity index (χ0n) is 15.2. The maximum atomic E-state index is 11.9. The zero-order valence-corrected chi connectivity index (χ0v) is 15.2. The second-order valence-electron chi connectivity index (χ2n) is 6.88. The van der Waals surface area contributed by atoms with Crippen molar-refractivity contribution in [1.29, 1.82) is 0 Å². The van der Waals surface area contributed by atoms with Crippen LogP contribution in [0.15, 0.2) is 47.6 Å². The van der Waals surface area contributed by atoms with Gasteiger partial charge in [0.1, 0.15) is 18.6 Å². The van der Waals surface area contributed by atoms with Crippen molar-refractivity contribution < 1.29 is 19.5 Å². The molecule has 136 valence electrons. The fraction of sp³-hybridized carbons (Fsp3) is 0.350. The highest BCUT2D eigenvalue weighted by Crippen LogP contribution is 2.58. The number of nitrogens with zero attached hydrogens (tertiary/aromatic N) is 1. The van der Waals surface area contributed by atoms with Gasteiger partial charge in [-0.15, -0.1) is 0 Å². The molecule has 0 aromatic heterocycles. The smallest absolute Gasteiger partial charge is 0.248 e. The Morgan fingerprint density at radius 3 is 2.58 bits per heavy atom. The molecule has 0 bridgehead atoms. The summed E-state index contributed by atoms with van der Waals surface area (Å²) in [6, 6.07) is 13.4.